The van der Waals surface area contributed by atoms with Crippen molar-refractivity contribution >= 4 is 0 Å². The van der Waals surface area contributed by atoms with Gasteiger partial charge in [0.1, 0.15) is 0 Å². The van der Waals surface area contributed by atoms with Gasteiger partial charge in [0.25, 0.3) is 0 Å². The van der Waals surface area contributed by atoms with E-state index in [2.05, 4.69) is 25.2 Å². The molecule has 3 atom stereocenters. The smallest absolute Gasteiger partial charge is 0.166 e. The van der Waals surface area contributed by atoms with Crippen molar-refractivity contribution in [1.29, 1.82) is 0 Å². The first-order valence-electron chi connectivity index (χ1n) is 7.62. The predicted octanol–water partition coefficient (Wildman–Crippen LogP) is 3.62. The van der Waals surface area contributed by atoms with Gasteiger partial charge >= 0.3 is 0 Å². The summed E-state index contributed by atoms with van der Waals surface area (Å²) in [6.45, 7) is 5.47. The van der Waals surface area contributed by atoms with E-state index in [9.17, 15) is 0 Å². The lowest BCUT2D eigenvalue weighted by molar-refractivity contribution is 0.0966. The van der Waals surface area contributed by atoms with E-state index in [1.54, 1.807) is 7.11 Å². The van der Waals surface area contributed by atoms with Gasteiger partial charge in [-0.15, -0.1) is 0 Å². The number of para-hydroxylation sites is 1. The first-order valence-corrected chi connectivity index (χ1v) is 7.62. The summed E-state index contributed by atoms with van der Waals surface area (Å²) < 4.78 is 11.8. The highest BCUT2D eigenvalue weighted by atomic mass is 16.5. The van der Waals surface area contributed by atoms with Crippen LogP contribution in [0.3, 0.4) is 0 Å². The SMILES string of the molecule is CNCc1cccc(OC)c1OC1CCC(C)C(C)C1. The molecule has 0 amide bonds. The summed E-state index contributed by atoms with van der Waals surface area (Å²) >= 11 is 0. The van der Waals surface area contributed by atoms with Crippen molar-refractivity contribution in [3.63, 3.8) is 0 Å². The van der Waals surface area contributed by atoms with Gasteiger partial charge in [0.05, 0.1) is 13.2 Å². The van der Waals surface area contributed by atoms with Crippen molar-refractivity contribution in [3.8, 4) is 11.5 Å². The Labute approximate surface area is 122 Å². The normalized spacial score (nSPS) is 26.3. The van der Waals surface area contributed by atoms with Gasteiger partial charge in [-0.1, -0.05) is 26.0 Å². The largest absolute Gasteiger partial charge is 0.493 e. The molecule has 0 aliphatic heterocycles. The Morgan fingerprint density at radius 3 is 2.65 bits per heavy atom. The van der Waals surface area contributed by atoms with Crippen LogP contribution in [0.1, 0.15) is 38.7 Å². The molecule has 112 valence electrons. The van der Waals surface area contributed by atoms with Crippen LogP contribution in [0.15, 0.2) is 18.2 Å². The minimum Gasteiger partial charge on any atom is -0.493 e. The van der Waals surface area contributed by atoms with E-state index in [-0.39, 0.29) is 0 Å². The Bertz CT molecular complexity index is 433. The van der Waals surface area contributed by atoms with Crippen molar-refractivity contribution in [3.05, 3.63) is 23.8 Å². The van der Waals surface area contributed by atoms with Gasteiger partial charge in [0, 0.05) is 12.1 Å². The molecule has 1 N–H and O–H groups in total. The Morgan fingerprint density at radius 1 is 1.20 bits per heavy atom. The molecule has 1 aromatic rings. The number of benzene rings is 1. The summed E-state index contributed by atoms with van der Waals surface area (Å²) in [5, 5.41) is 3.19. The van der Waals surface area contributed by atoms with Gasteiger partial charge in [-0.3, -0.25) is 0 Å². The first kappa shape index (κ1) is 15.2. The molecule has 0 bridgehead atoms. The van der Waals surface area contributed by atoms with E-state index in [1.807, 2.05) is 19.2 Å². The van der Waals surface area contributed by atoms with Crippen molar-refractivity contribution < 1.29 is 9.47 Å². The van der Waals surface area contributed by atoms with Crippen LogP contribution in [-0.4, -0.2) is 20.3 Å². The Kier molecular flexibility index (Phi) is 5.30. The number of nitrogens with one attached hydrogen (secondary N) is 1. The maximum Gasteiger partial charge on any atom is 0.166 e. The van der Waals surface area contributed by atoms with E-state index in [1.165, 1.54) is 6.42 Å². The third-order valence-corrected chi connectivity index (χ3v) is 4.48. The lowest BCUT2D eigenvalue weighted by Crippen LogP contribution is -2.29. The molecular weight excluding hydrogens is 250 g/mol. The Hall–Kier alpha value is -1.22. The third-order valence-electron chi connectivity index (χ3n) is 4.48. The average molecular weight is 277 g/mol. The number of hydrogen-bond donors (Lipinski definition) is 1. The zero-order valence-electron chi connectivity index (χ0n) is 13.1. The van der Waals surface area contributed by atoms with E-state index >= 15 is 0 Å². The summed E-state index contributed by atoms with van der Waals surface area (Å²) in [7, 11) is 3.66. The van der Waals surface area contributed by atoms with Crippen molar-refractivity contribution in [2.45, 2.75) is 45.8 Å². The zero-order chi connectivity index (χ0) is 14.5. The van der Waals surface area contributed by atoms with Gasteiger partial charge in [-0.2, -0.15) is 0 Å². The predicted molar refractivity (Wildman–Crippen MR) is 82.4 cm³/mol. The molecule has 0 aromatic heterocycles. The summed E-state index contributed by atoms with van der Waals surface area (Å²) in [5.41, 5.74) is 1.16. The lowest BCUT2D eigenvalue weighted by Gasteiger charge is -2.33. The van der Waals surface area contributed by atoms with E-state index in [4.69, 9.17) is 9.47 Å². The molecule has 3 heteroatoms. The molecule has 0 saturated heterocycles. The fourth-order valence-corrected chi connectivity index (χ4v) is 2.96. The highest BCUT2D eigenvalue weighted by Crippen LogP contribution is 2.36. The quantitative estimate of drug-likeness (QED) is 0.891. The lowest BCUT2D eigenvalue weighted by atomic mass is 9.80. The minimum atomic E-state index is 0.313. The first-order chi connectivity index (χ1) is 9.65. The van der Waals surface area contributed by atoms with Crippen LogP contribution in [-0.2, 0) is 6.54 Å². The molecule has 0 radical (unpaired) electrons. The van der Waals surface area contributed by atoms with Crippen LogP contribution < -0.4 is 14.8 Å². The van der Waals surface area contributed by atoms with Crippen LogP contribution in [0, 0.1) is 11.8 Å². The van der Waals surface area contributed by atoms with Crippen molar-refractivity contribution in [2.75, 3.05) is 14.2 Å². The molecule has 0 spiro atoms. The van der Waals surface area contributed by atoms with Crippen molar-refractivity contribution in [2.24, 2.45) is 11.8 Å². The Balaban J connectivity index is 2.15. The molecule has 1 saturated carbocycles. The van der Waals surface area contributed by atoms with Crippen molar-refractivity contribution in [1.82, 2.24) is 5.32 Å². The van der Waals surface area contributed by atoms with Crippen LogP contribution in [0.25, 0.3) is 0 Å². The summed E-state index contributed by atoms with van der Waals surface area (Å²) in [4.78, 5) is 0. The molecular formula is C17H27NO2. The van der Waals surface area contributed by atoms with Gasteiger partial charge in [0.2, 0.25) is 0 Å². The number of methoxy groups -OCH3 is 1. The summed E-state index contributed by atoms with van der Waals surface area (Å²) in [6, 6.07) is 6.09. The van der Waals surface area contributed by atoms with Crippen LogP contribution >= 0.6 is 0 Å². The number of ether oxygens (including phenoxy) is 2. The van der Waals surface area contributed by atoms with E-state index in [0.717, 1.165) is 48.3 Å². The van der Waals surface area contributed by atoms with Crippen LogP contribution in [0.5, 0.6) is 11.5 Å². The average Bonchev–Trinajstić information content (AvgIpc) is 2.45. The van der Waals surface area contributed by atoms with Gasteiger partial charge in [-0.05, 0) is 44.2 Å². The van der Waals surface area contributed by atoms with Gasteiger partial charge in [-0.25, -0.2) is 0 Å². The second-order valence-corrected chi connectivity index (χ2v) is 5.99. The summed E-state index contributed by atoms with van der Waals surface area (Å²) in [6.07, 6.45) is 3.84. The highest BCUT2D eigenvalue weighted by Gasteiger charge is 2.27. The molecule has 0 heterocycles. The fraction of sp³-hybridized carbons (Fsp3) is 0.647. The fourth-order valence-electron chi connectivity index (χ4n) is 2.96. The number of hydrogen-bond acceptors (Lipinski definition) is 3. The molecule has 3 unspecified atom stereocenters. The molecule has 1 aliphatic carbocycles. The molecule has 1 fully saturated rings. The molecule has 2 rings (SSSR count). The molecule has 3 nitrogen and oxygen atoms in total. The topological polar surface area (TPSA) is 30.5 Å². The second-order valence-electron chi connectivity index (χ2n) is 5.99. The zero-order valence-corrected chi connectivity index (χ0v) is 13.1. The standard InChI is InChI=1S/C17H27NO2/c1-12-8-9-15(10-13(12)2)20-17-14(11-18-3)6-5-7-16(17)19-4/h5-7,12-13,15,18H,8-11H2,1-4H3. The Morgan fingerprint density at radius 2 is 2.00 bits per heavy atom. The molecule has 1 aliphatic rings. The summed E-state index contributed by atoms with van der Waals surface area (Å²) in [5.74, 6) is 3.29. The maximum absolute atomic E-state index is 6.31. The minimum absolute atomic E-state index is 0.313. The van der Waals surface area contributed by atoms with Gasteiger partial charge < -0.3 is 14.8 Å². The van der Waals surface area contributed by atoms with E-state index in [0.29, 0.717) is 6.10 Å². The monoisotopic (exact) mass is 277 g/mol. The maximum atomic E-state index is 6.31. The van der Waals surface area contributed by atoms with Crippen LogP contribution in [0.2, 0.25) is 0 Å². The molecule has 20 heavy (non-hydrogen) atoms. The number of rotatable bonds is 5. The molecule has 1 aromatic carbocycles. The van der Waals surface area contributed by atoms with E-state index < -0.39 is 0 Å². The second kappa shape index (κ2) is 6.98. The van der Waals surface area contributed by atoms with Crippen LogP contribution in [0.4, 0.5) is 0 Å². The highest BCUT2D eigenvalue weighted by molar-refractivity contribution is 5.46. The van der Waals surface area contributed by atoms with Gasteiger partial charge in [0.15, 0.2) is 11.5 Å². The third kappa shape index (κ3) is 3.45.